The molecule has 0 radical (unpaired) electrons. The summed E-state index contributed by atoms with van der Waals surface area (Å²) in [6, 6.07) is 0. The fraction of sp³-hybridized carbons (Fsp3) is 0.750. The number of nitrogens with two attached hydrogens (primary N) is 1. The second-order valence-electron chi connectivity index (χ2n) is 2.39. The summed E-state index contributed by atoms with van der Waals surface area (Å²) in [6.07, 6.45) is 6.66. The predicted octanol–water partition coefficient (Wildman–Crippen LogP) is 1.05. The molecular formula is C8H17NO. The van der Waals surface area contributed by atoms with Crippen LogP contribution in [0.5, 0.6) is 0 Å². The molecule has 0 heterocycles. The molecule has 0 saturated heterocycles. The van der Waals surface area contributed by atoms with E-state index in [4.69, 9.17) is 10.8 Å². The summed E-state index contributed by atoms with van der Waals surface area (Å²) in [4.78, 5) is 0. The highest BCUT2D eigenvalue weighted by molar-refractivity contribution is 4.83. The first-order chi connectivity index (χ1) is 4.81. The van der Waals surface area contributed by atoms with E-state index in [9.17, 15) is 0 Å². The summed E-state index contributed by atoms with van der Waals surface area (Å²) in [5.74, 6) is 0. The maximum atomic E-state index is 8.98. The summed E-state index contributed by atoms with van der Waals surface area (Å²) in [5, 5.41) is 8.98. The van der Waals surface area contributed by atoms with Gasteiger partial charge in [0.2, 0.25) is 0 Å². The predicted molar refractivity (Wildman–Crippen MR) is 43.7 cm³/mol. The minimum Gasteiger partial charge on any atom is -0.391 e. The molecule has 3 N–H and O–H groups in total. The Hall–Kier alpha value is -0.340. The zero-order chi connectivity index (χ0) is 7.82. The summed E-state index contributed by atoms with van der Waals surface area (Å²) in [6.45, 7) is 2.49. The van der Waals surface area contributed by atoms with Crippen LogP contribution >= 0.6 is 0 Å². The van der Waals surface area contributed by atoms with Gasteiger partial charge in [-0.2, -0.15) is 0 Å². The quantitative estimate of drug-likeness (QED) is 0.565. The molecule has 10 heavy (non-hydrogen) atoms. The number of rotatable bonds is 5. The number of hydrogen-bond acceptors (Lipinski definition) is 2. The molecule has 0 saturated carbocycles. The second-order valence-corrected chi connectivity index (χ2v) is 2.39. The Kier molecular flexibility index (Phi) is 6.55. The number of aliphatic hydroxyl groups excluding tert-OH is 1. The first kappa shape index (κ1) is 9.66. The van der Waals surface area contributed by atoms with E-state index >= 15 is 0 Å². The van der Waals surface area contributed by atoms with E-state index < -0.39 is 0 Å². The van der Waals surface area contributed by atoms with Crippen LogP contribution in [0.2, 0.25) is 0 Å². The average molecular weight is 143 g/mol. The largest absolute Gasteiger partial charge is 0.391 e. The smallest absolute Gasteiger partial charge is 0.0696 e. The van der Waals surface area contributed by atoms with Gasteiger partial charge in [-0.3, -0.25) is 0 Å². The minimum atomic E-state index is -0.354. The third-order valence-electron chi connectivity index (χ3n) is 1.30. The van der Waals surface area contributed by atoms with Crippen molar-refractivity contribution in [3.05, 3.63) is 12.2 Å². The molecule has 2 heteroatoms. The van der Waals surface area contributed by atoms with Gasteiger partial charge in [-0.15, -0.1) is 0 Å². The van der Waals surface area contributed by atoms with Gasteiger partial charge in [-0.1, -0.05) is 25.5 Å². The molecule has 0 spiro atoms. The van der Waals surface area contributed by atoms with E-state index in [-0.39, 0.29) is 6.10 Å². The van der Waals surface area contributed by atoms with Crippen LogP contribution in [0.15, 0.2) is 12.2 Å². The topological polar surface area (TPSA) is 46.2 Å². The lowest BCUT2D eigenvalue weighted by Gasteiger charge is -2.00. The van der Waals surface area contributed by atoms with Gasteiger partial charge in [-0.25, -0.2) is 0 Å². The Balaban J connectivity index is 3.16. The van der Waals surface area contributed by atoms with Crippen molar-refractivity contribution in [3.63, 3.8) is 0 Å². The van der Waals surface area contributed by atoms with Crippen LogP contribution < -0.4 is 5.73 Å². The fourth-order valence-corrected chi connectivity index (χ4v) is 0.634. The molecule has 2 nitrogen and oxygen atoms in total. The normalized spacial score (nSPS) is 14.3. The van der Waals surface area contributed by atoms with Crippen LogP contribution in [0.3, 0.4) is 0 Å². The molecule has 0 fully saturated rings. The first-order valence-electron chi connectivity index (χ1n) is 3.84. The SMILES string of the molecule is CCC/C=C/CC(O)CN. The maximum Gasteiger partial charge on any atom is 0.0696 e. The van der Waals surface area contributed by atoms with Gasteiger partial charge in [0.05, 0.1) is 6.10 Å². The highest BCUT2D eigenvalue weighted by Gasteiger charge is 1.94. The minimum absolute atomic E-state index is 0.354. The van der Waals surface area contributed by atoms with Gasteiger partial charge >= 0.3 is 0 Å². The number of aliphatic hydroxyl groups is 1. The van der Waals surface area contributed by atoms with E-state index in [1.807, 2.05) is 6.08 Å². The number of unbranched alkanes of at least 4 members (excludes halogenated alkanes) is 1. The standard InChI is InChI=1S/C8H17NO/c1-2-3-4-5-6-8(10)7-9/h4-5,8,10H,2-3,6-7,9H2,1H3/b5-4+. The molecule has 0 aliphatic rings. The molecule has 0 amide bonds. The van der Waals surface area contributed by atoms with Gasteiger partial charge in [-0.05, 0) is 12.8 Å². The van der Waals surface area contributed by atoms with Crippen molar-refractivity contribution in [1.29, 1.82) is 0 Å². The van der Waals surface area contributed by atoms with Crippen LogP contribution in [0.1, 0.15) is 26.2 Å². The molecule has 0 aromatic rings. The van der Waals surface area contributed by atoms with Crippen molar-refractivity contribution in [3.8, 4) is 0 Å². The van der Waals surface area contributed by atoms with Gasteiger partial charge in [0, 0.05) is 6.54 Å². The lowest BCUT2D eigenvalue weighted by molar-refractivity contribution is 0.186. The molecule has 0 bridgehead atoms. The number of hydrogen-bond donors (Lipinski definition) is 2. The van der Waals surface area contributed by atoms with Crippen molar-refractivity contribution in [2.24, 2.45) is 5.73 Å². The molecule has 0 aliphatic carbocycles. The fourth-order valence-electron chi connectivity index (χ4n) is 0.634. The van der Waals surface area contributed by atoms with Gasteiger partial charge in [0.1, 0.15) is 0 Å². The third kappa shape index (κ3) is 5.79. The van der Waals surface area contributed by atoms with E-state index in [0.29, 0.717) is 13.0 Å². The van der Waals surface area contributed by atoms with Crippen LogP contribution in [-0.4, -0.2) is 17.8 Å². The first-order valence-corrected chi connectivity index (χ1v) is 3.84. The molecule has 0 aliphatic heterocycles. The van der Waals surface area contributed by atoms with Crippen LogP contribution in [0, 0.1) is 0 Å². The van der Waals surface area contributed by atoms with E-state index in [1.54, 1.807) is 0 Å². The lowest BCUT2D eigenvalue weighted by atomic mass is 10.2. The summed E-state index contributed by atoms with van der Waals surface area (Å²) in [5.41, 5.74) is 5.20. The molecule has 0 aromatic heterocycles. The maximum absolute atomic E-state index is 8.98. The zero-order valence-corrected chi connectivity index (χ0v) is 6.59. The van der Waals surface area contributed by atoms with E-state index in [1.165, 1.54) is 0 Å². The van der Waals surface area contributed by atoms with Crippen LogP contribution in [-0.2, 0) is 0 Å². The Morgan fingerprint density at radius 1 is 1.50 bits per heavy atom. The molecule has 1 atom stereocenters. The molecule has 0 aromatic carbocycles. The van der Waals surface area contributed by atoms with Crippen molar-refractivity contribution < 1.29 is 5.11 Å². The Morgan fingerprint density at radius 3 is 2.70 bits per heavy atom. The van der Waals surface area contributed by atoms with Crippen molar-refractivity contribution >= 4 is 0 Å². The average Bonchev–Trinajstić information content (AvgIpc) is 1.98. The highest BCUT2D eigenvalue weighted by atomic mass is 16.3. The molecule has 60 valence electrons. The van der Waals surface area contributed by atoms with Crippen molar-refractivity contribution in [2.75, 3.05) is 6.54 Å². The van der Waals surface area contributed by atoms with Gasteiger partial charge in [0.15, 0.2) is 0 Å². The monoisotopic (exact) mass is 143 g/mol. The molecular weight excluding hydrogens is 126 g/mol. The summed E-state index contributed by atoms with van der Waals surface area (Å²) < 4.78 is 0. The third-order valence-corrected chi connectivity index (χ3v) is 1.30. The Bertz CT molecular complexity index is 91.3. The van der Waals surface area contributed by atoms with E-state index in [2.05, 4.69) is 13.0 Å². The Morgan fingerprint density at radius 2 is 2.20 bits per heavy atom. The molecule has 1 unspecified atom stereocenters. The van der Waals surface area contributed by atoms with Gasteiger partial charge in [0.25, 0.3) is 0 Å². The second kappa shape index (κ2) is 6.78. The molecule has 0 rings (SSSR count). The number of allylic oxidation sites excluding steroid dienone is 1. The highest BCUT2D eigenvalue weighted by Crippen LogP contribution is 1.94. The van der Waals surface area contributed by atoms with Gasteiger partial charge < -0.3 is 10.8 Å². The van der Waals surface area contributed by atoms with Crippen molar-refractivity contribution in [1.82, 2.24) is 0 Å². The lowest BCUT2D eigenvalue weighted by Crippen LogP contribution is -2.18. The summed E-state index contributed by atoms with van der Waals surface area (Å²) >= 11 is 0. The zero-order valence-electron chi connectivity index (χ0n) is 6.59. The Labute approximate surface area is 62.7 Å². The van der Waals surface area contributed by atoms with Crippen molar-refractivity contribution in [2.45, 2.75) is 32.3 Å². The summed E-state index contributed by atoms with van der Waals surface area (Å²) in [7, 11) is 0. The van der Waals surface area contributed by atoms with E-state index in [0.717, 1.165) is 12.8 Å². The van der Waals surface area contributed by atoms with Crippen LogP contribution in [0.4, 0.5) is 0 Å². The van der Waals surface area contributed by atoms with Crippen LogP contribution in [0.25, 0.3) is 0 Å².